The van der Waals surface area contributed by atoms with Crippen LogP contribution in [0.3, 0.4) is 0 Å². The second kappa shape index (κ2) is 11.8. The molecule has 1 unspecified atom stereocenters. The van der Waals surface area contributed by atoms with E-state index in [4.69, 9.17) is 4.74 Å². The van der Waals surface area contributed by atoms with Gasteiger partial charge in [0.05, 0.1) is 6.10 Å². The largest absolute Gasteiger partial charge is 0.376 e. The van der Waals surface area contributed by atoms with E-state index < -0.39 is 29.7 Å². The summed E-state index contributed by atoms with van der Waals surface area (Å²) in [7, 11) is 0. The molecule has 2 aliphatic rings. The van der Waals surface area contributed by atoms with E-state index in [1.807, 2.05) is 60.7 Å². The van der Waals surface area contributed by atoms with Crippen LogP contribution in [0.4, 0.5) is 0 Å². The van der Waals surface area contributed by atoms with Gasteiger partial charge in [-0.05, 0) is 30.4 Å². The number of carbonyl (C=O) groups excluding carboxylic acids is 4. The average Bonchev–Trinajstić information content (AvgIpc) is 3.53. The molecule has 2 N–H and O–H groups in total. The average molecular weight is 478 g/mol. The van der Waals surface area contributed by atoms with Crippen LogP contribution in [0.2, 0.25) is 0 Å². The van der Waals surface area contributed by atoms with Crippen molar-refractivity contribution in [3.8, 4) is 0 Å². The number of rotatable bonds is 10. The van der Waals surface area contributed by atoms with Crippen LogP contribution in [-0.2, 0) is 36.9 Å². The van der Waals surface area contributed by atoms with Gasteiger partial charge in [0, 0.05) is 32.5 Å². The third-order valence-corrected chi connectivity index (χ3v) is 6.48. The fraction of sp³-hybridized carbons (Fsp3) is 0.407. The highest BCUT2D eigenvalue weighted by atomic mass is 16.5. The molecule has 0 aromatic heterocycles. The molecule has 184 valence electrons. The zero-order valence-electron chi connectivity index (χ0n) is 19.7. The van der Waals surface area contributed by atoms with E-state index in [1.165, 1.54) is 0 Å². The van der Waals surface area contributed by atoms with Gasteiger partial charge in [-0.25, -0.2) is 0 Å². The number of amides is 3. The zero-order valence-corrected chi connectivity index (χ0v) is 19.7. The Labute approximate surface area is 205 Å². The Morgan fingerprint density at radius 1 is 0.971 bits per heavy atom. The number of nitrogens with zero attached hydrogens (tertiary/aromatic N) is 1. The van der Waals surface area contributed by atoms with Crippen LogP contribution in [0.5, 0.6) is 0 Å². The predicted molar refractivity (Wildman–Crippen MR) is 129 cm³/mol. The molecule has 4 rings (SSSR count). The summed E-state index contributed by atoms with van der Waals surface area (Å²) < 4.78 is 5.51. The van der Waals surface area contributed by atoms with Gasteiger partial charge in [-0.2, -0.15) is 0 Å². The van der Waals surface area contributed by atoms with E-state index in [0.717, 1.165) is 24.0 Å². The maximum Gasteiger partial charge on any atom is 0.289 e. The molecule has 2 heterocycles. The Bertz CT molecular complexity index is 1040. The predicted octanol–water partition coefficient (Wildman–Crippen LogP) is 1.77. The molecule has 2 saturated heterocycles. The number of ketones is 1. The molecule has 2 aromatic carbocycles. The Balaban J connectivity index is 1.45. The highest BCUT2D eigenvalue weighted by Gasteiger charge is 2.38. The summed E-state index contributed by atoms with van der Waals surface area (Å²) in [6.45, 7) is 1.23. The van der Waals surface area contributed by atoms with Crippen molar-refractivity contribution in [3.63, 3.8) is 0 Å². The van der Waals surface area contributed by atoms with E-state index >= 15 is 0 Å². The van der Waals surface area contributed by atoms with E-state index in [-0.39, 0.29) is 31.4 Å². The van der Waals surface area contributed by atoms with Gasteiger partial charge in [-0.3, -0.25) is 19.2 Å². The lowest BCUT2D eigenvalue weighted by molar-refractivity contribution is -0.141. The molecule has 0 radical (unpaired) electrons. The van der Waals surface area contributed by atoms with Crippen LogP contribution in [0.1, 0.15) is 36.8 Å². The summed E-state index contributed by atoms with van der Waals surface area (Å²) in [4.78, 5) is 53.1. The van der Waals surface area contributed by atoms with Gasteiger partial charge in [0.25, 0.3) is 5.91 Å². The summed E-state index contributed by atoms with van der Waals surface area (Å²) in [5.41, 5.74) is 1.74. The van der Waals surface area contributed by atoms with Crippen LogP contribution in [0.25, 0.3) is 0 Å². The molecule has 0 aliphatic carbocycles. The summed E-state index contributed by atoms with van der Waals surface area (Å²) in [5.74, 6) is -1.98. The van der Waals surface area contributed by atoms with Gasteiger partial charge >= 0.3 is 0 Å². The molecule has 0 spiro atoms. The number of ether oxygens (including phenoxy) is 1. The number of hydrogen-bond donors (Lipinski definition) is 2. The highest BCUT2D eigenvalue weighted by molar-refractivity contribution is 6.38. The van der Waals surface area contributed by atoms with Crippen LogP contribution in [0.15, 0.2) is 60.7 Å². The first-order chi connectivity index (χ1) is 17.0. The topological polar surface area (TPSA) is 105 Å². The molecule has 2 aromatic rings. The first-order valence-corrected chi connectivity index (χ1v) is 12.1. The number of hydrogen-bond acceptors (Lipinski definition) is 5. The van der Waals surface area contributed by atoms with Crippen molar-refractivity contribution >= 4 is 23.5 Å². The zero-order chi connectivity index (χ0) is 24.6. The third kappa shape index (κ3) is 6.54. The van der Waals surface area contributed by atoms with Gasteiger partial charge in [-0.1, -0.05) is 60.7 Å². The lowest BCUT2D eigenvalue weighted by Crippen LogP contribution is -2.54. The van der Waals surface area contributed by atoms with Crippen molar-refractivity contribution < 1.29 is 23.9 Å². The number of benzene rings is 2. The normalized spacial score (nSPS) is 20.5. The molecule has 0 saturated carbocycles. The van der Waals surface area contributed by atoms with E-state index in [9.17, 15) is 19.2 Å². The molecule has 2 aliphatic heterocycles. The molecule has 35 heavy (non-hydrogen) atoms. The van der Waals surface area contributed by atoms with Crippen molar-refractivity contribution in [1.82, 2.24) is 15.5 Å². The van der Waals surface area contributed by atoms with Crippen molar-refractivity contribution in [2.24, 2.45) is 0 Å². The van der Waals surface area contributed by atoms with Crippen LogP contribution in [0, 0.1) is 0 Å². The summed E-state index contributed by atoms with van der Waals surface area (Å²) in [6, 6.07) is 17.0. The monoisotopic (exact) mass is 477 g/mol. The molecular weight excluding hydrogens is 446 g/mol. The Morgan fingerprint density at radius 2 is 1.66 bits per heavy atom. The van der Waals surface area contributed by atoms with Crippen LogP contribution < -0.4 is 10.6 Å². The smallest absolute Gasteiger partial charge is 0.289 e. The van der Waals surface area contributed by atoms with Gasteiger partial charge < -0.3 is 20.3 Å². The lowest BCUT2D eigenvalue weighted by atomic mass is 10.0. The Morgan fingerprint density at radius 3 is 2.31 bits per heavy atom. The van der Waals surface area contributed by atoms with Gasteiger partial charge in [0.2, 0.25) is 17.6 Å². The second-order valence-electron chi connectivity index (χ2n) is 9.02. The minimum Gasteiger partial charge on any atom is -0.376 e. The molecule has 8 heteroatoms. The van der Waals surface area contributed by atoms with Crippen molar-refractivity contribution in [3.05, 3.63) is 71.8 Å². The van der Waals surface area contributed by atoms with Crippen molar-refractivity contribution in [1.29, 1.82) is 0 Å². The van der Waals surface area contributed by atoms with Gasteiger partial charge in [-0.15, -0.1) is 0 Å². The highest BCUT2D eigenvalue weighted by Crippen LogP contribution is 2.22. The molecule has 0 bridgehead atoms. The number of carbonyl (C=O) groups is 4. The Kier molecular flexibility index (Phi) is 8.26. The van der Waals surface area contributed by atoms with Crippen molar-refractivity contribution in [2.45, 2.75) is 56.8 Å². The number of nitrogens with one attached hydrogen (secondary N) is 2. The lowest BCUT2D eigenvalue weighted by Gasteiger charge is -2.26. The molecular formula is C27H31N3O5. The maximum absolute atomic E-state index is 13.3. The summed E-state index contributed by atoms with van der Waals surface area (Å²) in [6.07, 6.45) is 2.49. The molecule has 3 atom stereocenters. The third-order valence-electron chi connectivity index (χ3n) is 6.48. The van der Waals surface area contributed by atoms with Crippen LogP contribution in [-0.4, -0.2) is 59.7 Å². The minimum absolute atomic E-state index is 0.0926. The first-order valence-electron chi connectivity index (χ1n) is 12.1. The first kappa shape index (κ1) is 24.6. The summed E-state index contributed by atoms with van der Waals surface area (Å²) >= 11 is 0. The number of likely N-dealkylation sites (tertiary alicyclic amines) is 1. The van der Waals surface area contributed by atoms with E-state index in [0.29, 0.717) is 19.6 Å². The van der Waals surface area contributed by atoms with Crippen molar-refractivity contribution in [2.75, 3.05) is 13.2 Å². The Hall–Kier alpha value is -3.52. The van der Waals surface area contributed by atoms with E-state index in [1.54, 1.807) is 4.90 Å². The SMILES string of the molecule is O=C(NC[C@H]1CCCO1)C(=O)C(Cc1ccccc1)NC(=O)[C@H]1CCC(=O)N1Cc1ccccc1. The number of Topliss-reactive ketones (excluding diaryl/α,β-unsaturated/α-hetero) is 1. The maximum atomic E-state index is 13.3. The van der Waals surface area contributed by atoms with Gasteiger partial charge in [0.1, 0.15) is 12.1 Å². The summed E-state index contributed by atoms with van der Waals surface area (Å²) in [5, 5.41) is 5.43. The fourth-order valence-electron chi connectivity index (χ4n) is 4.57. The van der Waals surface area contributed by atoms with Gasteiger partial charge in [0.15, 0.2) is 0 Å². The molecule has 3 amide bonds. The van der Waals surface area contributed by atoms with E-state index in [2.05, 4.69) is 10.6 Å². The molecule has 8 nitrogen and oxygen atoms in total. The van der Waals surface area contributed by atoms with Crippen LogP contribution >= 0.6 is 0 Å². The minimum atomic E-state index is -1.04. The fourth-order valence-corrected chi connectivity index (χ4v) is 4.57. The quantitative estimate of drug-likeness (QED) is 0.508. The standard InChI is InChI=1S/C27H31N3O5/c31-24-14-13-23(30(24)18-20-10-5-2-6-11-20)26(33)29-22(16-19-8-3-1-4-9-19)25(32)27(34)28-17-21-12-7-15-35-21/h1-6,8-11,21-23H,7,12-18H2,(H,28,34)(H,29,33)/t21-,22?,23-/m1/s1. The second-order valence-corrected chi connectivity index (χ2v) is 9.02. The molecule has 2 fully saturated rings.